The van der Waals surface area contributed by atoms with Crippen LogP contribution in [0.5, 0.6) is 5.75 Å². The van der Waals surface area contributed by atoms with Gasteiger partial charge in [0, 0.05) is 14.1 Å². The number of nitrogens with zero attached hydrogens (tertiary/aromatic N) is 2. The lowest BCUT2D eigenvalue weighted by atomic mass is 10.1. The van der Waals surface area contributed by atoms with Gasteiger partial charge in [-0.15, -0.1) is 4.40 Å². The van der Waals surface area contributed by atoms with Gasteiger partial charge in [-0.1, -0.05) is 26.8 Å². The Morgan fingerprint density at radius 2 is 1.94 bits per heavy atom. The van der Waals surface area contributed by atoms with Crippen LogP contribution in [-0.4, -0.2) is 52.1 Å². The Balaban J connectivity index is 2.07. The zero-order chi connectivity index (χ0) is 27.0. The predicted octanol–water partition coefficient (Wildman–Crippen LogP) is 1.95. The molecular weight excluding hydrogens is 510 g/mol. The number of benzene rings is 1. The van der Waals surface area contributed by atoms with Crippen LogP contribution in [-0.2, 0) is 24.8 Å². The van der Waals surface area contributed by atoms with E-state index in [9.17, 15) is 26.7 Å². The van der Waals surface area contributed by atoms with Gasteiger partial charge in [0.25, 0.3) is 15.9 Å². The van der Waals surface area contributed by atoms with Crippen LogP contribution in [0.25, 0.3) is 0 Å². The van der Waals surface area contributed by atoms with Crippen molar-refractivity contribution in [3.8, 4) is 5.75 Å². The molecule has 0 unspecified atom stereocenters. The largest absolute Gasteiger partial charge is 0.504 e. The summed E-state index contributed by atoms with van der Waals surface area (Å²) in [5.74, 6) is -1.46. The van der Waals surface area contributed by atoms with E-state index in [1.54, 1.807) is 6.26 Å². The molecule has 3 rings (SSSR count). The van der Waals surface area contributed by atoms with Crippen LogP contribution >= 0.6 is 0 Å². The van der Waals surface area contributed by atoms with E-state index >= 15 is 0 Å². The number of phenolic OH excluding ortho intramolecular Hbond substituents is 1. The summed E-state index contributed by atoms with van der Waals surface area (Å²) in [5.41, 5.74) is 5.81. The highest BCUT2D eigenvalue weighted by molar-refractivity contribution is 7.95. The summed E-state index contributed by atoms with van der Waals surface area (Å²) in [4.78, 5) is 10.9. The molecule has 1 aliphatic rings. The summed E-state index contributed by atoms with van der Waals surface area (Å²) in [6.07, 6.45) is 2.07. The number of primary amides is 1. The second-order valence-corrected chi connectivity index (χ2v) is 12.3. The molecule has 0 spiro atoms. The van der Waals surface area contributed by atoms with Gasteiger partial charge in [0.15, 0.2) is 16.5 Å². The number of nitrogens with two attached hydrogens (primary N) is 1. The molecule has 0 saturated carbocycles. The number of nitrogens with one attached hydrogen (secondary N) is 2. The number of phenols is 1. The molecule has 1 aromatic carbocycles. The molecule has 0 saturated heterocycles. The second-order valence-electron chi connectivity index (χ2n) is 8.59. The smallest absolute Gasteiger partial charge is 0.292 e. The van der Waals surface area contributed by atoms with E-state index in [0.29, 0.717) is 12.2 Å². The first-order chi connectivity index (χ1) is 16.7. The minimum absolute atomic E-state index is 0.175. The molecular formula is C22H29N5O7S2. The van der Waals surface area contributed by atoms with E-state index in [1.807, 2.05) is 26.8 Å². The lowest BCUT2D eigenvalue weighted by molar-refractivity contribution is -0.113. The van der Waals surface area contributed by atoms with Gasteiger partial charge in [0.2, 0.25) is 10.0 Å². The highest BCUT2D eigenvalue weighted by atomic mass is 32.2. The Morgan fingerprint density at radius 1 is 1.28 bits per heavy atom. The Morgan fingerprint density at radius 3 is 2.47 bits per heavy atom. The third-order valence-corrected chi connectivity index (χ3v) is 8.73. The van der Waals surface area contributed by atoms with Crippen molar-refractivity contribution in [3.63, 3.8) is 0 Å². The number of carbonyl (C=O) groups is 1. The Kier molecular flexibility index (Phi) is 7.53. The van der Waals surface area contributed by atoms with Gasteiger partial charge in [-0.05, 0) is 36.1 Å². The summed E-state index contributed by atoms with van der Waals surface area (Å²) in [7, 11) is -5.93. The maximum absolute atomic E-state index is 12.7. The van der Waals surface area contributed by atoms with Crippen LogP contribution in [0.15, 0.2) is 54.8 Å². The van der Waals surface area contributed by atoms with Gasteiger partial charge in [-0.25, -0.2) is 12.7 Å². The van der Waals surface area contributed by atoms with Gasteiger partial charge in [0.05, 0.1) is 18.0 Å². The minimum Gasteiger partial charge on any atom is -0.504 e. The van der Waals surface area contributed by atoms with Crippen LogP contribution in [0.2, 0.25) is 0 Å². The van der Waals surface area contributed by atoms with E-state index in [1.165, 1.54) is 32.3 Å². The van der Waals surface area contributed by atoms with Crippen molar-refractivity contribution in [2.75, 3.05) is 19.4 Å². The number of hydrogen-bond acceptors (Lipinski definition) is 9. The third-order valence-electron chi connectivity index (χ3n) is 5.54. The first-order valence-electron chi connectivity index (χ1n) is 11.0. The average Bonchev–Trinajstić information content (AvgIpc) is 3.35. The quantitative estimate of drug-likeness (QED) is 0.346. The van der Waals surface area contributed by atoms with Gasteiger partial charge < -0.3 is 25.9 Å². The lowest BCUT2D eigenvalue weighted by Crippen LogP contribution is -2.32. The van der Waals surface area contributed by atoms with Crippen molar-refractivity contribution in [2.24, 2.45) is 10.1 Å². The molecule has 0 aliphatic carbocycles. The molecule has 36 heavy (non-hydrogen) atoms. The number of para-hydroxylation sites is 1. The highest BCUT2D eigenvalue weighted by Crippen LogP contribution is 2.35. The topological polar surface area (TPSA) is 184 Å². The molecule has 12 nitrogen and oxygen atoms in total. The number of furan rings is 1. The fourth-order valence-corrected chi connectivity index (χ4v) is 5.60. The summed E-state index contributed by atoms with van der Waals surface area (Å²) in [6.45, 7) is 5.84. The first-order valence-corrected chi connectivity index (χ1v) is 13.8. The van der Waals surface area contributed by atoms with Crippen molar-refractivity contribution >= 4 is 37.5 Å². The summed E-state index contributed by atoms with van der Waals surface area (Å²) in [6, 6.07) is 5.17. The van der Waals surface area contributed by atoms with Gasteiger partial charge in [0.1, 0.15) is 16.4 Å². The molecule has 1 atom stereocenters. The van der Waals surface area contributed by atoms with Crippen LogP contribution in [0.1, 0.15) is 50.5 Å². The van der Waals surface area contributed by atoms with Crippen molar-refractivity contribution in [1.82, 2.24) is 9.62 Å². The molecule has 196 valence electrons. The van der Waals surface area contributed by atoms with Gasteiger partial charge in [-0.3, -0.25) is 4.79 Å². The van der Waals surface area contributed by atoms with Crippen molar-refractivity contribution < 1.29 is 31.2 Å². The summed E-state index contributed by atoms with van der Waals surface area (Å²) < 4.78 is 60.8. The van der Waals surface area contributed by atoms with E-state index in [2.05, 4.69) is 15.0 Å². The Hall–Kier alpha value is -3.36. The number of anilines is 1. The maximum Gasteiger partial charge on any atom is 0.292 e. The van der Waals surface area contributed by atoms with E-state index in [-0.39, 0.29) is 23.1 Å². The SMILES string of the molecule is CC[C@@H](NC1=NS(=O)(=O)C(C(N)=O)=C1Nc1cccc(S(=O)(=O)N(C)C)c1O)c1cc(C(C)C)co1. The maximum atomic E-state index is 12.7. The molecule has 5 N–H and O–H groups in total. The molecule has 0 bridgehead atoms. The number of hydrogen-bond donors (Lipinski definition) is 4. The lowest BCUT2D eigenvalue weighted by Gasteiger charge is -2.19. The van der Waals surface area contributed by atoms with E-state index in [0.717, 1.165) is 9.87 Å². The Bertz CT molecular complexity index is 1460. The number of amidine groups is 1. The zero-order valence-corrected chi connectivity index (χ0v) is 22.1. The van der Waals surface area contributed by atoms with Crippen molar-refractivity contribution in [2.45, 2.75) is 44.0 Å². The average molecular weight is 540 g/mol. The molecule has 2 heterocycles. The zero-order valence-electron chi connectivity index (χ0n) is 20.4. The van der Waals surface area contributed by atoms with Crippen LogP contribution in [0.3, 0.4) is 0 Å². The van der Waals surface area contributed by atoms with Crippen molar-refractivity contribution in [1.29, 1.82) is 0 Å². The van der Waals surface area contributed by atoms with E-state index in [4.69, 9.17) is 10.2 Å². The van der Waals surface area contributed by atoms with E-state index < -0.39 is 47.5 Å². The summed E-state index contributed by atoms with van der Waals surface area (Å²) in [5, 5.41) is 16.3. The number of amides is 1. The molecule has 2 aromatic rings. The normalized spacial score (nSPS) is 16.4. The number of rotatable bonds is 9. The third kappa shape index (κ3) is 5.10. The molecule has 1 amide bonds. The second kappa shape index (κ2) is 9.95. The fourth-order valence-electron chi connectivity index (χ4n) is 3.47. The highest BCUT2D eigenvalue weighted by Gasteiger charge is 2.38. The predicted molar refractivity (Wildman–Crippen MR) is 134 cm³/mol. The van der Waals surface area contributed by atoms with Crippen LogP contribution in [0.4, 0.5) is 5.69 Å². The number of aromatic hydroxyl groups is 1. The monoisotopic (exact) mass is 539 g/mol. The number of sulfonamides is 2. The first kappa shape index (κ1) is 27.2. The molecule has 14 heteroatoms. The van der Waals surface area contributed by atoms with Crippen LogP contribution < -0.4 is 16.4 Å². The minimum atomic E-state index is -4.48. The molecule has 0 radical (unpaired) electrons. The molecule has 0 fully saturated rings. The van der Waals surface area contributed by atoms with Gasteiger partial charge >= 0.3 is 0 Å². The molecule has 1 aromatic heterocycles. The van der Waals surface area contributed by atoms with Crippen LogP contribution in [0, 0.1) is 0 Å². The summed E-state index contributed by atoms with van der Waals surface area (Å²) >= 11 is 0. The Labute approximate surface area is 210 Å². The van der Waals surface area contributed by atoms with Crippen molar-refractivity contribution in [3.05, 3.63) is 52.5 Å². The molecule has 1 aliphatic heterocycles. The number of carbonyl (C=O) groups excluding carboxylic acids is 1. The fraction of sp³-hybridized carbons (Fsp3) is 0.364. The standard InChI is InChI=1S/C22H29N5O7S2/c1-6-14(16-10-13(11-34-16)12(2)3)25-22-18(20(21(23)29)35(30,31)26-22)24-15-8-7-9-17(19(15)28)36(32,33)27(4)5/h7-12,14,24,28H,6H2,1-5H3,(H2,23,29)(H,25,26)/t14-/m1/s1. The van der Waals surface area contributed by atoms with Gasteiger partial charge in [-0.2, -0.15) is 8.42 Å².